The molecule has 21 heavy (non-hydrogen) atoms. The minimum atomic E-state index is 0.0646. The summed E-state index contributed by atoms with van der Waals surface area (Å²) in [4.78, 5) is 0. The van der Waals surface area contributed by atoms with Gasteiger partial charge in [0.05, 0.1) is 0 Å². The minimum Gasteiger partial charge on any atom is -0.396 e. The standard InChI is InChI=1S/C19H33NO/c1-7-18(13-21)12-17(6)16(5)10-8-15(4)9-11-19(20)14(2)3/h18-19,21H,2,4-13,20H2,1,3H3. The Morgan fingerprint density at radius 3 is 2.14 bits per heavy atom. The maximum Gasteiger partial charge on any atom is 0.0462 e. The Kier molecular flexibility index (Phi) is 10.0. The highest BCUT2D eigenvalue weighted by atomic mass is 16.3. The van der Waals surface area contributed by atoms with Crippen LogP contribution in [-0.2, 0) is 0 Å². The molecule has 0 spiro atoms. The molecule has 0 radical (unpaired) electrons. The van der Waals surface area contributed by atoms with E-state index in [4.69, 9.17) is 5.73 Å². The Morgan fingerprint density at radius 1 is 1.05 bits per heavy atom. The fourth-order valence-electron chi connectivity index (χ4n) is 2.07. The summed E-state index contributed by atoms with van der Waals surface area (Å²) in [5.74, 6) is 0.297. The van der Waals surface area contributed by atoms with Crippen LogP contribution < -0.4 is 5.73 Å². The first-order valence-electron chi connectivity index (χ1n) is 7.86. The average Bonchev–Trinajstić information content (AvgIpc) is 2.46. The topological polar surface area (TPSA) is 46.2 Å². The van der Waals surface area contributed by atoms with Gasteiger partial charge < -0.3 is 10.8 Å². The zero-order chi connectivity index (χ0) is 16.4. The quantitative estimate of drug-likeness (QED) is 0.410. The highest BCUT2D eigenvalue weighted by Gasteiger charge is 2.10. The SMILES string of the molecule is C=C(CCC(=C)C(=C)CC(CC)CO)CCC(N)C(=C)C. The fraction of sp³-hybridized carbons (Fsp3) is 0.579. The summed E-state index contributed by atoms with van der Waals surface area (Å²) in [6, 6.07) is 0.0646. The Balaban J connectivity index is 4.04. The summed E-state index contributed by atoms with van der Waals surface area (Å²) in [5.41, 5.74) is 10.3. The van der Waals surface area contributed by atoms with Gasteiger partial charge in [-0.1, -0.05) is 62.0 Å². The lowest BCUT2D eigenvalue weighted by atomic mass is 9.91. The summed E-state index contributed by atoms with van der Waals surface area (Å²) >= 11 is 0. The van der Waals surface area contributed by atoms with Crippen molar-refractivity contribution in [2.24, 2.45) is 11.7 Å². The van der Waals surface area contributed by atoms with Gasteiger partial charge in [0, 0.05) is 12.6 Å². The molecule has 2 atom stereocenters. The van der Waals surface area contributed by atoms with Gasteiger partial charge in [0.25, 0.3) is 0 Å². The van der Waals surface area contributed by atoms with Gasteiger partial charge in [-0.3, -0.25) is 0 Å². The molecule has 0 saturated carbocycles. The summed E-state index contributed by atoms with van der Waals surface area (Å²) in [6.07, 6.45) is 5.46. The second kappa shape index (κ2) is 10.6. The first-order valence-corrected chi connectivity index (χ1v) is 7.86. The highest BCUT2D eigenvalue weighted by molar-refractivity contribution is 5.26. The maximum atomic E-state index is 9.24. The van der Waals surface area contributed by atoms with Crippen LogP contribution in [0.2, 0.25) is 0 Å². The van der Waals surface area contributed by atoms with Crippen LogP contribution >= 0.6 is 0 Å². The van der Waals surface area contributed by atoms with E-state index >= 15 is 0 Å². The number of aliphatic hydroxyl groups is 1. The van der Waals surface area contributed by atoms with Crippen molar-refractivity contribution in [2.45, 2.75) is 58.4 Å². The van der Waals surface area contributed by atoms with E-state index in [1.54, 1.807) is 0 Å². The predicted molar refractivity (Wildman–Crippen MR) is 94.2 cm³/mol. The molecule has 0 fully saturated rings. The fourth-order valence-corrected chi connectivity index (χ4v) is 2.07. The summed E-state index contributed by atoms with van der Waals surface area (Å²) in [7, 11) is 0. The Hall–Kier alpha value is -1.12. The van der Waals surface area contributed by atoms with Crippen molar-refractivity contribution < 1.29 is 5.11 Å². The van der Waals surface area contributed by atoms with Gasteiger partial charge in [-0.25, -0.2) is 0 Å². The van der Waals surface area contributed by atoms with E-state index in [1.165, 1.54) is 5.57 Å². The van der Waals surface area contributed by atoms with Crippen molar-refractivity contribution in [1.82, 2.24) is 0 Å². The van der Waals surface area contributed by atoms with Crippen molar-refractivity contribution in [3.8, 4) is 0 Å². The largest absolute Gasteiger partial charge is 0.396 e. The monoisotopic (exact) mass is 291 g/mol. The van der Waals surface area contributed by atoms with Gasteiger partial charge in [-0.15, -0.1) is 0 Å². The lowest BCUT2D eigenvalue weighted by molar-refractivity contribution is 0.222. The number of aliphatic hydroxyl groups excluding tert-OH is 1. The lowest BCUT2D eigenvalue weighted by Crippen LogP contribution is -2.20. The molecule has 0 saturated heterocycles. The molecule has 0 heterocycles. The maximum absolute atomic E-state index is 9.24. The number of hydrogen-bond acceptors (Lipinski definition) is 2. The molecule has 0 aromatic rings. The van der Waals surface area contributed by atoms with E-state index in [9.17, 15) is 5.11 Å². The van der Waals surface area contributed by atoms with E-state index in [1.807, 2.05) is 6.92 Å². The van der Waals surface area contributed by atoms with E-state index in [0.29, 0.717) is 5.92 Å². The van der Waals surface area contributed by atoms with Crippen molar-refractivity contribution >= 4 is 0 Å². The molecular weight excluding hydrogens is 258 g/mol. The van der Waals surface area contributed by atoms with Crippen LogP contribution in [0.4, 0.5) is 0 Å². The molecule has 2 nitrogen and oxygen atoms in total. The smallest absolute Gasteiger partial charge is 0.0462 e. The molecule has 0 aromatic carbocycles. The predicted octanol–water partition coefficient (Wildman–Crippen LogP) is 4.53. The van der Waals surface area contributed by atoms with Gasteiger partial charge >= 0.3 is 0 Å². The molecule has 0 aliphatic heterocycles. The molecule has 0 aromatic heterocycles. The van der Waals surface area contributed by atoms with Crippen molar-refractivity contribution in [2.75, 3.05) is 6.61 Å². The normalized spacial score (nSPS) is 13.5. The Bertz CT molecular complexity index is 377. The van der Waals surface area contributed by atoms with E-state index in [2.05, 4.69) is 33.2 Å². The number of rotatable bonds is 12. The van der Waals surface area contributed by atoms with Crippen molar-refractivity contribution in [1.29, 1.82) is 0 Å². The molecule has 0 aliphatic carbocycles. The van der Waals surface area contributed by atoms with Crippen LogP contribution in [0.15, 0.2) is 48.6 Å². The van der Waals surface area contributed by atoms with Gasteiger partial charge in [0.15, 0.2) is 0 Å². The van der Waals surface area contributed by atoms with E-state index < -0.39 is 0 Å². The summed E-state index contributed by atoms with van der Waals surface area (Å²) in [6.45, 7) is 20.5. The van der Waals surface area contributed by atoms with Crippen LogP contribution in [0.1, 0.15) is 52.4 Å². The number of allylic oxidation sites excluding steroid dienone is 3. The van der Waals surface area contributed by atoms with Crippen LogP contribution in [-0.4, -0.2) is 17.8 Å². The molecule has 0 bridgehead atoms. The second-order valence-electron chi connectivity index (χ2n) is 6.11. The molecule has 0 aliphatic rings. The van der Waals surface area contributed by atoms with Gasteiger partial charge in [0.2, 0.25) is 0 Å². The molecule has 0 amide bonds. The van der Waals surface area contributed by atoms with Crippen LogP contribution in [0.5, 0.6) is 0 Å². The lowest BCUT2D eigenvalue weighted by Gasteiger charge is -2.16. The van der Waals surface area contributed by atoms with Crippen LogP contribution in [0, 0.1) is 5.92 Å². The Morgan fingerprint density at radius 2 is 1.67 bits per heavy atom. The average molecular weight is 291 g/mol. The van der Waals surface area contributed by atoms with Gasteiger partial charge in [-0.2, -0.15) is 0 Å². The van der Waals surface area contributed by atoms with E-state index in [0.717, 1.165) is 55.2 Å². The second-order valence-corrected chi connectivity index (χ2v) is 6.11. The number of hydrogen-bond donors (Lipinski definition) is 2. The molecule has 0 rings (SSSR count). The molecular formula is C19H33NO. The molecule has 3 N–H and O–H groups in total. The summed E-state index contributed by atoms with van der Waals surface area (Å²) in [5, 5.41) is 9.24. The van der Waals surface area contributed by atoms with Gasteiger partial charge in [-0.05, 0) is 44.9 Å². The minimum absolute atomic E-state index is 0.0646. The van der Waals surface area contributed by atoms with Crippen LogP contribution in [0.25, 0.3) is 0 Å². The third-order valence-corrected chi connectivity index (χ3v) is 4.09. The summed E-state index contributed by atoms with van der Waals surface area (Å²) < 4.78 is 0. The van der Waals surface area contributed by atoms with E-state index in [-0.39, 0.29) is 12.6 Å². The first-order chi connectivity index (χ1) is 9.81. The molecule has 2 heteroatoms. The van der Waals surface area contributed by atoms with Crippen LogP contribution in [0.3, 0.4) is 0 Å². The highest BCUT2D eigenvalue weighted by Crippen LogP contribution is 2.24. The molecule has 120 valence electrons. The number of nitrogens with two attached hydrogens (primary N) is 1. The third kappa shape index (κ3) is 8.69. The van der Waals surface area contributed by atoms with Crippen molar-refractivity contribution in [3.05, 3.63) is 48.6 Å². The first kappa shape index (κ1) is 19.9. The van der Waals surface area contributed by atoms with Gasteiger partial charge in [0.1, 0.15) is 0 Å². The Labute approximate surface area is 131 Å². The molecule has 2 unspecified atom stereocenters. The van der Waals surface area contributed by atoms with Crippen molar-refractivity contribution in [3.63, 3.8) is 0 Å². The zero-order valence-electron chi connectivity index (χ0n) is 14.0. The third-order valence-electron chi connectivity index (χ3n) is 4.09. The zero-order valence-corrected chi connectivity index (χ0v) is 14.0.